The molecular formula is C26H27FN4O4. The molecule has 0 aliphatic carbocycles. The van der Waals surface area contributed by atoms with Crippen molar-refractivity contribution in [3.63, 3.8) is 0 Å². The predicted octanol–water partition coefficient (Wildman–Crippen LogP) is 3.39. The first-order valence-corrected chi connectivity index (χ1v) is 11.6. The molecule has 0 fully saturated rings. The van der Waals surface area contributed by atoms with Crippen molar-refractivity contribution in [2.24, 2.45) is 0 Å². The van der Waals surface area contributed by atoms with Gasteiger partial charge in [0.25, 0.3) is 11.8 Å². The maximum absolute atomic E-state index is 14.4. The number of nitrogens with one attached hydrogen (secondary N) is 1. The smallest absolute Gasteiger partial charge is 0.283 e. The standard InChI is InChI=1S/C26H27FN4O4/c1-4-17(5-2)28-25(33)23-15-30(20-12-8-9-13-22(20)35-23)26(34)24-21(32)14-16(3)31(29-24)19-11-7-6-10-18(19)27/h6-14,17,23H,4-5,15H2,1-3H3,(H,28,33). The first-order valence-electron chi connectivity index (χ1n) is 11.6. The summed E-state index contributed by atoms with van der Waals surface area (Å²) in [5, 5.41) is 7.17. The van der Waals surface area contributed by atoms with Crippen molar-refractivity contribution in [1.82, 2.24) is 15.1 Å². The average molecular weight is 479 g/mol. The van der Waals surface area contributed by atoms with Crippen LogP contribution in [0.15, 0.2) is 59.4 Å². The topological polar surface area (TPSA) is 93.5 Å². The minimum atomic E-state index is -0.964. The number of anilines is 1. The van der Waals surface area contributed by atoms with Gasteiger partial charge in [-0.1, -0.05) is 38.1 Å². The molecule has 0 saturated heterocycles. The number of carbonyl (C=O) groups is 2. The van der Waals surface area contributed by atoms with E-state index in [1.807, 2.05) is 13.8 Å². The zero-order valence-corrected chi connectivity index (χ0v) is 19.8. The highest BCUT2D eigenvalue weighted by molar-refractivity contribution is 6.06. The first kappa shape index (κ1) is 24.1. The van der Waals surface area contributed by atoms with E-state index < -0.39 is 23.3 Å². The molecule has 182 valence electrons. The van der Waals surface area contributed by atoms with E-state index in [1.54, 1.807) is 43.3 Å². The highest BCUT2D eigenvalue weighted by atomic mass is 19.1. The number of aryl methyl sites for hydroxylation is 1. The first-order chi connectivity index (χ1) is 16.8. The van der Waals surface area contributed by atoms with Gasteiger partial charge in [-0.2, -0.15) is 5.10 Å². The number of benzene rings is 2. The van der Waals surface area contributed by atoms with Crippen LogP contribution in [0, 0.1) is 12.7 Å². The van der Waals surface area contributed by atoms with E-state index in [9.17, 15) is 18.8 Å². The Labute approximate surface area is 202 Å². The number of amides is 2. The summed E-state index contributed by atoms with van der Waals surface area (Å²) in [4.78, 5) is 40.7. The van der Waals surface area contributed by atoms with Gasteiger partial charge in [0, 0.05) is 17.8 Å². The lowest BCUT2D eigenvalue weighted by Crippen LogP contribution is -2.53. The highest BCUT2D eigenvalue weighted by Crippen LogP contribution is 2.34. The molecule has 1 N–H and O–H groups in total. The van der Waals surface area contributed by atoms with E-state index >= 15 is 0 Å². The van der Waals surface area contributed by atoms with Gasteiger partial charge < -0.3 is 10.1 Å². The van der Waals surface area contributed by atoms with E-state index in [2.05, 4.69) is 10.4 Å². The summed E-state index contributed by atoms with van der Waals surface area (Å²) < 4.78 is 21.6. The summed E-state index contributed by atoms with van der Waals surface area (Å²) in [6.45, 7) is 5.46. The predicted molar refractivity (Wildman–Crippen MR) is 130 cm³/mol. The third kappa shape index (κ3) is 4.80. The summed E-state index contributed by atoms with van der Waals surface area (Å²) in [6.07, 6.45) is 0.558. The molecule has 2 heterocycles. The van der Waals surface area contributed by atoms with Crippen molar-refractivity contribution < 1.29 is 18.7 Å². The van der Waals surface area contributed by atoms with Crippen LogP contribution in [0.3, 0.4) is 0 Å². The molecule has 0 saturated carbocycles. The fourth-order valence-corrected chi connectivity index (χ4v) is 4.04. The maximum Gasteiger partial charge on any atom is 0.283 e. The van der Waals surface area contributed by atoms with Crippen molar-refractivity contribution in [2.75, 3.05) is 11.4 Å². The molecule has 2 aromatic carbocycles. The molecule has 2 amide bonds. The Morgan fingerprint density at radius 3 is 2.46 bits per heavy atom. The van der Waals surface area contributed by atoms with E-state index in [4.69, 9.17) is 4.74 Å². The van der Waals surface area contributed by atoms with Crippen molar-refractivity contribution in [1.29, 1.82) is 0 Å². The summed E-state index contributed by atoms with van der Waals surface area (Å²) in [5.74, 6) is -1.24. The van der Waals surface area contributed by atoms with Crippen LogP contribution in [0.1, 0.15) is 42.9 Å². The van der Waals surface area contributed by atoms with Gasteiger partial charge in [0.2, 0.25) is 5.43 Å². The lowest BCUT2D eigenvalue weighted by atomic mass is 10.1. The fourth-order valence-electron chi connectivity index (χ4n) is 4.04. The van der Waals surface area contributed by atoms with E-state index in [0.29, 0.717) is 17.1 Å². The summed E-state index contributed by atoms with van der Waals surface area (Å²) >= 11 is 0. The minimum absolute atomic E-state index is 0.0147. The second kappa shape index (κ2) is 10.1. The number of halogens is 1. The Kier molecular flexibility index (Phi) is 6.95. The number of hydrogen-bond donors (Lipinski definition) is 1. The number of aromatic nitrogens is 2. The van der Waals surface area contributed by atoms with Crippen LogP contribution in [0.4, 0.5) is 10.1 Å². The molecule has 3 aromatic rings. The summed E-state index contributed by atoms with van der Waals surface area (Å²) in [6, 6.07) is 14.0. The monoisotopic (exact) mass is 478 g/mol. The molecule has 1 atom stereocenters. The second-order valence-corrected chi connectivity index (χ2v) is 8.37. The van der Waals surface area contributed by atoms with Crippen LogP contribution < -0.4 is 20.4 Å². The van der Waals surface area contributed by atoms with Gasteiger partial charge in [-0.15, -0.1) is 0 Å². The number of hydrogen-bond acceptors (Lipinski definition) is 5. The van der Waals surface area contributed by atoms with Crippen LogP contribution in [0.25, 0.3) is 5.69 Å². The van der Waals surface area contributed by atoms with Crippen LogP contribution in [0.5, 0.6) is 5.75 Å². The lowest BCUT2D eigenvalue weighted by Gasteiger charge is -2.34. The largest absolute Gasteiger partial charge is 0.477 e. The Bertz CT molecular complexity index is 1320. The number of nitrogens with zero attached hydrogens (tertiary/aromatic N) is 3. The average Bonchev–Trinajstić information content (AvgIpc) is 2.86. The molecule has 0 spiro atoms. The molecule has 9 heteroatoms. The van der Waals surface area contributed by atoms with E-state index in [1.165, 1.54) is 27.8 Å². The zero-order chi connectivity index (χ0) is 25.1. The molecule has 1 aliphatic rings. The van der Waals surface area contributed by atoms with Gasteiger partial charge >= 0.3 is 0 Å². The molecule has 1 unspecified atom stereocenters. The number of carbonyl (C=O) groups excluding carboxylic acids is 2. The molecule has 35 heavy (non-hydrogen) atoms. The molecule has 0 bridgehead atoms. The van der Waals surface area contributed by atoms with E-state index in [-0.39, 0.29) is 29.9 Å². The van der Waals surface area contributed by atoms with Gasteiger partial charge in [0.05, 0.1) is 12.2 Å². The minimum Gasteiger partial charge on any atom is -0.477 e. The molecular weight excluding hydrogens is 451 g/mol. The van der Waals surface area contributed by atoms with Crippen LogP contribution in [-0.4, -0.2) is 40.3 Å². The third-order valence-electron chi connectivity index (χ3n) is 6.03. The summed E-state index contributed by atoms with van der Waals surface area (Å²) in [5.41, 5.74) is -0.0644. The SMILES string of the molecule is CCC(CC)NC(=O)C1CN(C(=O)c2nn(-c3ccccc3F)c(C)cc2=O)c2ccccc2O1. The normalized spacial score (nSPS) is 14.9. The van der Waals surface area contributed by atoms with Crippen molar-refractivity contribution >= 4 is 17.5 Å². The van der Waals surface area contributed by atoms with Crippen LogP contribution in [-0.2, 0) is 4.79 Å². The summed E-state index contributed by atoms with van der Waals surface area (Å²) in [7, 11) is 0. The third-order valence-corrected chi connectivity index (χ3v) is 6.03. The molecule has 8 nitrogen and oxygen atoms in total. The highest BCUT2D eigenvalue weighted by Gasteiger charge is 2.36. The zero-order valence-electron chi connectivity index (χ0n) is 19.8. The van der Waals surface area contributed by atoms with Crippen molar-refractivity contribution in [3.8, 4) is 11.4 Å². The van der Waals surface area contributed by atoms with E-state index in [0.717, 1.165) is 12.8 Å². The second-order valence-electron chi connectivity index (χ2n) is 8.37. The number of rotatable bonds is 6. The number of para-hydroxylation sites is 3. The fraction of sp³-hybridized carbons (Fsp3) is 0.308. The Balaban J connectivity index is 1.73. The van der Waals surface area contributed by atoms with Gasteiger partial charge in [-0.05, 0) is 44.0 Å². The number of fused-ring (bicyclic) bond motifs is 1. The molecule has 1 aliphatic heterocycles. The molecule has 1 aromatic heterocycles. The lowest BCUT2D eigenvalue weighted by molar-refractivity contribution is -0.128. The Morgan fingerprint density at radius 2 is 1.77 bits per heavy atom. The van der Waals surface area contributed by atoms with Crippen LogP contribution in [0.2, 0.25) is 0 Å². The van der Waals surface area contributed by atoms with Gasteiger partial charge in [0.1, 0.15) is 17.3 Å². The van der Waals surface area contributed by atoms with Crippen molar-refractivity contribution in [2.45, 2.75) is 45.8 Å². The maximum atomic E-state index is 14.4. The van der Waals surface area contributed by atoms with Gasteiger partial charge in [-0.25, -0.2) is 9.07 Å². The Morgan fingerprint density at radius 1 is 1.11 bits per heavy atom. The molecule has 0 radical (unpaired) electrons. The van der Waals surface area contributed by atoms with Crippen LogP contribution >= 0.6 is 0 Å². The Hall–Kier alpha value is -4.01. The van der Waals surface area contributed by atoms with Crippen molar-refractivity contribution in [3.05, 3.63) is 82.0 Å². The van der Waals surface area contributed by atoms with Gasteiger partial charge in [0.15, 0.2) is 11.8 Å². The quantitative estimate of drug-likeness (QED) is 0.586. The number of ether oxygens (including phenoxy) is 1. The molecule has 4 rings (SSSR count). The van der Waals surface area contributed by atoms with Gasteiger partial charge in [-0.3, -0.25) is 19.3 Å².